The number of aliphatic hydroxyl groups is 1. The highest BCUT2D eigenvalue weighted by Crippen LogP contribution is 2.33. The molecule has 3 N–H and O–H groups in total. The van der Waals surface area contributed by atoms with Crippen molar-refractivity contribution in [2.45, 2.75) is 51.7 Å². The lowest BCUT2D eigenvalue weighted by Crippen LogP contribution is -2.51. The van der Waals surface area contributed by atoms with Crippen molar-refractivity contribution in [3.05, 3.63) is 48.0 Å². The number of hydrogen-bond donors (Lipinski definition) is 3. The first kappa shape index (κ1) is 22.0. The van der Waals surface area contributed by atoms with Gasteiger partial charge < -0.3 is 20.4 Å². The van der Waals surface area contributed by atoms with Gasteiger partial charge in [0, 0.05) is 27.4 Å². The molecule has 3 aromatic rings. The number of nitrogens with one attached hydrogen (secondary N) is 1. The van der Waals surface area contributed by atoms with Crippen molar-refractivity contribution in [1.82, 2.24) is 15.3 Å². The molecule has 1 saturated heterocycles. The molecular weight excluding hydrogens is 404 g/mol. The number of rotatable bonds is 5. The summed E-state index contributed by atoms with van der Waals surface area (Å²) in [6.07, 6.45) is 1.89. The van der Waals surface area contributed by atoms with Crippen LogP contribution < -0.4 is 10.2 Å². The van der Waals surface area contributed by atoms with Gasteiger partial charge in [-0.3, -0.25) is 4.79 Å². The lowest BCUT2D eigenvalue weighted by Gasteiger charge is -2.35. The van der Waals surface area contributed by atoms with Crippen molar-refractivity contribution in [3.8, 4) is 17.1 Å². The number of aromatic hydroxyl groups is 1. The maximum absolute atomic E-state index is 12.3. The molecule has 0 radical (unpaired) electrons. The number of amides is 1. The minimum Gasteiger partial charge on any atom is -0.507 e. The molecule has 1 unspecified atom stereocenters. The Labute approximate surface area is 191 Å². The number of benzene rings is 2. The number of piperidine rings is 1. The molecule has 172 valence electrons. The Morgan fingerprint density at radius 1 is 1.22 bits per heavy atom. The number of phenolic OH excluding ortho intramolecular Hbond substituents is 1. The number of carbonyl (C=O) groups is 1. The molecule has 7 heteroatoms. The third-order valence-electron chi connectivity index (χ3n) is 6.28. The van der Waals surface area contributed by atoms with E-state index in [2.05, 4.69) is 16.3 Å². The van der Waals surface area contributed by atoms with Gasteiger partial charge in [0.1, 0.15) is 17.2 Å². The molecule has 2 heterocycles. The number of anilines is 1. The third-order valence-corrected chi connectivity index (χ3v) is 6.28. The summed E-state index contributed by atoms with van der Waals surface area (Å²) in [6.45, 7) is 6.82. The van der Waals surface area contributed by atoms with E-state index in [0.717, 1.165) is 48.2 Å². The number of para-hydroxylation sites is 1. The Hall–Kier alpha value is -3.19. The van der Waals surface area contributed by atoms with Gasteiger partial charge in [0.2, 0.25) is 0 Å². The number of aromatic nitrogens is 2. The zero-order chi connectivity index (χ0) is 22.9. The zero-order valence-corrected chi connectivity index (χ0v) is 18.8. The molecule has 0 aliphatic carbocycles. The summed E-state index contributed by atoms with van der Waals surface area (Å²) in [6, 6.07) is 13.2. The summed E-state index contributed by atoms with van der Waals surface area (Å²) in [7, 11) is 0. The fraction of sp³-hybridized carbons (Fsp3) is 0.400. The van der Waals surface area contributed by atoms with Crippen molar-refractivity contribution >= 4 is 22.6 Å². The minimum absolute atomic E-state index is 0. The van der Waals surface area contributed by atoms with Crippen LogP contribution in [0.15, 0.2) is 42.5 Å². The zero-order valence-electron chi connectivity index (χ0n) is 18.8. The van der Waals surface area contributed by atoms with Crippen LogP contribution >= 0.6 is 0 Å². The largest absolute Gasteiger partial charge is 0.507 e. The Morgan fingerprint density at radius 2 is 1.94 bits per heavy atom. The van der Waals surface area contributed by atoms with Crippen LogP contribution in [0.3, 0.4) is 0 Å². The normalized spacial score (nSPS) is 16.7. The van der Waals surface area contributed by atoms with Crippen LogP contribution in [-0.4, -0.2) is 50.8 Å². The first-order valence-corrected chi connectivity index (χ1v) is 11.1. The summed E-state index contributed by atoms with van der Waals surface area (Å²) in [4.78, 5) is 24.1. The van der Waals surface area contributed by atoms with Gasteiger partial charge in [-0.1, -0.05) is 25.1 Å². The number of fused-ring (bicyclic) bond motifs is 1. The van der Waals surface area contributed by atoms with Gasteiger partial charge in [0.25, 0.3) is 5.91 Å². The molecule has 0 bridgehead atoms. The molecule has 1 aromatic heterocycles. The first-order chi connectivity index (χ1) is 15.3. The van der Waals surface area contributed by atoms with E-state index >= 15 is 0 Å². The summed E-state index contributed by atoms with van der Waals surface area (Å²) < 4.78 is 0. The van der Waals surface area contributed by atoms with E-state index in [1.165, 1.54) is 0 Å². The van der Waals surface area contributed by atoms with Crippen molar-refractivity contribution in [3.63, 3.8) is 0 Å². The van der Waals surface area contributed by atoms with E-state index in [4.69, 9.17) is 9.97 Å². The lowest BCUT2D eigenvalue weighted by atomic mass is 9.99. The highest BCUT2D eigenvalue weighted by Gasteiger charge is 2.31. The van der Waals surface area contributed by atoms with Gasteiger partial charge in [-0.2, -0.15) is 0 Å². The summed E-state index contributed by atoms with van der Waals surface area (Å²) >= 11 is 0. The SMILES string of the molecule is CCC(C)(O)C(=O)NC1CCN(c2nc(-c3ccccc3O)nc3cc(C)ccc23)CC1.[HH].[HH]. The molecule has 2 aromatic carbocycles. The van der Waals surface area contributed by atoms with Crippen molar-refractivity contribution in [1.29, 1.82) is 0 Å². The molecule has 1 aliphatic heterocycles. The van der Waals surface area contributed by atoms with E-state index in [1.54, 1.807) is 26.0 Å². The van der Waals surface area contributed by atoms with Gasteiger partial charge in [-0.25, -0.2) is 9.97 Å². The lowest BCUT2D eigenvalue weighted by molar-refractivity contribution is -0.139. The number of hydrogen-bond acceptors (Lipinski definition) is 6. The molecule has 1 fully saturated rings. The van der Waals surface area contributed by atoms with Crippen LogP contribution in [-0.2, 0) is 4.79 Å². The highest BCUT2D eigenvalue weighted by atomic mass is 16.3. The monoisotopic (exact) mass is 438 g/mol. The van der Waals surface area contributed by atoms with Crippen LogP contribution in [0.25, 0.3) is 22.3 Å². The number of carbonyl (C=O) groups excluding carboxylic acids is 1. The molecule has 7 nitrogen and oxygen atoms in total. The Balaban J connectivity index is 0.00000204. The number of aryl methyl sites for hydroxylation is 1. The summed E-state index contributed by atoms with van der Waals surface area (Å²) in [5.74, 6) is 1.15. The summed E-state index contributed by atoms with van der Waals surface area (Å²) in [5, 5.41) is 24.5. The second-order valence-corrected chi connectivity index (χ2v) is 8.77. The van der Waals surface area contributed by atoms with Crippen LogP contribution in [0, 0.1) is 6.92 Å². The molecule has 0 spiro atoms. The molecule has 4 rings (SSSR count). The van der Waals surface area contributed by atoms with Gasteiger partial charge in [0.15, 0.2) is 5.82 Å². The molecule has 1 aliphatic rings. The Bertz CT molecular complexity index is 1150. The van der Waals surface area contributed by atoms with E-state index in [0.29, 0.717) is 17.8 Å². The fourth-order valence-corrected chi connectivity index (χ4v) is 3.98. The van der Waals surface area contributed by atoms with E-state index < -0.39 is 5.60 Å². The highest BCUT2D eigenvalue weighted by molar-refractivity contribution is 5.92. The van der Waals surface area contributed by atoms with E-state index in [9.17, 15) is 15.0 Å². The van der Waals surface area contributed by atoms with Gasteiger partial charge in [-0.15, -0.1) is 0 Å². The predicted octanol–water partition coefficient (Wildman–Crippen LogP) is 4.05. The standard InChI is InChI=1S/C25H30N4O3.2H2/c1-4-25(3,32)24(31)26-17-11-13-29(14-12-17)23-18-10-9-16(2)15-20(18)27-22(28-23)19-7-5-6-8-21(19)30;;/h5-10,15,17,30,32H,4,11-14H2,1-3H3,(H,26,31);2*1H. The molecule has 1 atom stereocenters. The smallest absolute Gasteiger partial charge is 0.251 e. The minimum atomic E-state index is -1.34. The molecule has 0 saturated carbocycles. The third kappa shape index (κ3) is 4.39. The summed E-state index contributed by atoms with van der Waals surface area (Å²) in [5.41, 5.74) is 1.20. The molecule has 1 amide bonds. The average Bonchev–Trinajstić information content (AvgIpc) is 2.79. The van der Waals surface area contributed by atoms with Gasteiger partial charge in [-0.05, 0) is 62.9 Å². The Morgan fingerprint density at radius 3 is 2.62 bits per heavy atom. The fourth-order valence-electron chi connectivity index (χ4n) is 3.98. The van der Waals surface area contributed by atoms with Crippen LogP contribution in [0.2, 0.25) is 0 Å². The number of nitrogens with zero attached hydrogens (tertiary/aromatic N) is 3. The van der Waals surface area contributed by atoms with Crippen molar-refractivity contribution in [2.24, 2.45) is 0 Å². The maximum Gasteiger partial charge on any atom is 0.251 e. The topological polar surface area (TPSA) is 98.6 Å². The second kappa shape index (κ2) is 8.74. The molecular formula is C25H34N4O3. The van der Waals surface area contributed by atoms with Crippen LogP contribution in [0.5, 0.6) is 5.75 Å². The quantitative estimate of drug-likeness (QED) is 0.556. The van der Waals surface area contributed by atoms with Crippen LogP contribution in [0.4, 0.5) is 5.82 Å². The molecule has 32 heavy (non-hydrogen) atoms. The van der Waals surface area contributed by atoms with E-state index in [-0.39, 0.29) is 20.6 Å². The van der Waals surface area contributed by atoms with Crippen molar-refractivity contribution in [2.75, 3.05) is 18.0 Å². The first-order valence-electron chi connectivity index (χ1n) is 11.1. The predicted molar refractivity (Wildman–Crippen MR) is 130 cm³/mol. The van der Waals surface area contributed by atoms with Gasteiger partial charge in [0.05, 0.1) is 11.1 Å². The van der Waals surface area contributed by atoms with E-state index in [1.807, 2.05) is 31.2 Å². The van der Waals surface area contributed by atoms with Crippen molar-refractivity contribution < 1.29 is 17.9 Å². The Kier molecular flexibility index (Phi) is 6.02. The second-order valence-electron chi connectivity index (χ2n) is 8.77. The van der Waals surface area contributed by atoms with Crippen LogP contribution in [0.1, 0.15) is 41.5 Å². The number of phenols is 1. The average molecular weight is 439 g/mol. The maximum atomic E-state index is 12.3. The van der Waals surface area contributed by atoms with Gasteiger partial charge >= 0.3 is 0 Å².